The van der Waals surface area contributed by atoms with Gasteiger partial charge in [-0.3, -0.25) is 9.89 Å². The summed E-state index contributed by atoms with van der Waals surface area (Å²) in [6, 6.07) is 8.26. The summed E-state index contributed by atoms with van der Waals surface area (Å²) >= 11 is 0. The summed E-state index contributed by atoms with van der Waals surface area (Å²) in [7, 11) is 0. The highest BCUT2D eigenvalue weighted by Gasteiger charge is 2.26. The molecule has 5 nitrogen and oxygen atoms in total. The number of nitrogens with one attached hydrogen (secondary N) is 2. The highest BCUT2D eigenvalue weighted by Crippen LogP contribution is 2.28. The number of likely N-dealkylation sites (tertiary alicyclic amines) is 1. The minimum Gasteiger partial charge on any atom is -0.361 e. The van der Waals surface area contributed by atoms with Crippen LogP contribution in [0.2, 0.25) is 0 Å². The topological polar surface area (TPSA) is 64.8 Å². The van der Waals surface area contributed by atoms with Crippen LogP contribution in [0.3, 0.4) is 0 Å². The number of H-pyrrole nitrogens is 2. The molecule has 0 radical (unpaired) electrons. The molecule has 1 atom stereocenters. The molecule has 1 fully saturated rings. The molecule has 1 saturated heterocycles. The summed E-state index contributed by atoms with van der Waals surface area (Å²) < 4.78 is 0. The maximum absolute atomic E-state index is 12.7. The average Bonchev–Trinajstić information content (AvgIpc) is 3.26. The molecule has 3 aromatic rings. The zero-order valence-corrected chi connectivity index (χ0v) is 14.6. The lowest BCUT2D eigenvalue weighted by molar-refractivity contribution is -0.132. The van der Waals surface area contributed by atoms with Gasteiger partial charge in [0, 0.05) is 48.2 Å². The lowest BCUT2D eigenvalue weighted by Gasteiger charge is -2.32. The first kappa shape index (κ1) is 15.9. The number of piperidine rings is 1. The molecule has 5 heteroatoms. The molecule has 1 aliphatic rings. The number of rotatable bonds is 4. The standard InChI is InChI=1S/C20H24N4O/c1-14-11-22-23-20(14)16-5-4-10-24(13-16)19(25)9-8-15-12-21-18-7-3-2-6-17(15)18/h2-3,6-7,11-12,16,21H,4-5,8-10,13H2,1H3,(H,22,23)/t16-/m0/s1. The van der Waals surface area contributed by atoms with Crippen molar-refractivity contribution in [2.24, 2.45) is 0 Å². The molecule has 1 amide bonds. The maximum Gasteiger partial charge on any atom is 0.222 e. The Morgan fingerprint density at radius 1 is 1.36 bits per heavy atom. The molecule has 0 spiro atoms. The number of para-hydroxylation sites is 1. The molecular weight excluding hydrogens is 312 g/mol. The van der Waals surface area contributed by atoms with Gasteiger partial charge < -0.3 is 9.88 Å². The van der Waals surface area contributed by atoms with Crippen molar-refractivity contribution in [3.05, 3.63) is 53.5 Å². The quantitative estimate of drug-likeness (QED) is 0.765. The van der Waals surface area contributed by atoms with Crippen LogP contribution in [0.25, 0.3) is 10.9 Å². The fourth-order valence-electron chi connectivity index (χ4n) is 3.95. The molecule has 2 N–H and O–H groups in total. The van der Waals surface area contributed by atoms with Gasteiger partial charge in [0.2, 0.25) is 5.91 Å². The molecule has 25 heavy (non-hydrogen) atoms. The van der Waals surface area contributed by atoms with E-state index in [-0.39, 0.29) is 5.91 Å². The first-order valence-electron chi connectivity index (χ1n) is 9.05. The molecule has 0 bridgehead atoms. The largest absolute Gasteiger partial charge is 0.361 e. The van der Waals surface area contributed by atoms with Gasteiger partial charge in [-0.2, -0.15) is 5.10 Å². The third-order valence-corrected chi connectivity index (χ3v) is 5.33. The molecule has 0 unspecified atom stereocenters. The van der Waals surface area contributed by atoms with Gasteiger partial charge in [-0.25, -0.2) is 0 Å². The van der Waals surface area contributed by atoms with Crippen molar-refractivity contribution in [2.75, 3.05) is 13.1 Å². The third kappa shape index (κ3) is 3.18. The fraction of sp³-hybridized carbons (Fsp3) is 0.400. The Kier molecular flexibility index (Phi) is 4.30. The molecule has 1 aliphatic heterocycles. The fourth-order valence-corrected chi connectivity index (χ4v) is 3.95. The number of aromatic amines is 2. The van der Waals surface area contributed by atoms with E-state index in [4.69, 9.17) is 0 Å². The number of aryl methyl sites for hydroxylation is 2. The van der Waals surface area contributed by atoms with Crippen LogP contribution in [0.5, 0.6) is 0 Å². The van der Waals surface area contributed by atoms with Crippen LogP contribution in [0, 0.1) is 6.92 Å². The second-order valence-corrected chi connectivity index (χ2v) is 7.01. The van der Waals surface area contributed by atoms with Crippen molar-refractivity contribution in [3.8, 4) is 0 Å². The van der Waals surface area contributed by atoms with Crippen LogP contribution < -0.4 is 0 Å². The van der Waals surface area contributed by atoms with Crippen molar-refractivity contribution < 1.29 is 4.79 Å². The van der Waals surface area contributed by atoms with Gasteiger partial charge in [0.05, 0.1) is 6.20 Å². The Labute approximate surface area is 147 Å². The smallest absolute Gasteiger partial charge is 0.222 e. The molecule has 3 heterocycles. The minimum atomic E-state index is 0.257. The Morgan fingerprint density at radius 3 is 3.08 bits per heavy atom. The van der Waals surface area contributed by atoms with Gasteiger partial charge in [0.1, 0.15) is 0 Å². The molecule has 0 saturated carbocycles. The molecule has 0 aliphatic carbocycles. The van der Waals surface area contributed by atoms with Crippen LogP contribution in [0.1, 0.15) is 42.0 Å². The zero-order chi connectivity index (χ0) is 17.2. The maximum atomic E-state index is 12.7. The van der Waals surface area contributed by atoms with Gasteiger partial charge in [0.25, 0.3) is 0 Å². The van der Waals surface area contributed by atoms with Crippen molar-refractivity contribution in [2.45, 2.75) is 38.5 Å². The monoisotopic (exact) mass is 336 g/mol. The second-order valence-electron chi connectivity index (χ2n) is 7.01. The SMILES string of the molecule is Cc1cn[nH]c1[C@H]1CCCN(C(=O)CCc2c[nH]c3ccccc23)C1. The molecule has 4 rings (SSSR count). The van der Waals surface area contributed by atoms with E-state index in [2.05, 4.69) is 34.2 Å². The number of carbonyl (C=O) groups excluding carboxylic acids is 1. The summed E-state index contributed by atoms with van der Waals surface area (Å²) in [5.41, 5.74) is 4.74. The number of hydrogen-bond acceptors (Lipinski definition) is 2. The summed E-state index contributed by atoms with van der Waals surface area (Å²) in [6.45, 7) is 3.75. The Bertz CT molecular complexity index is 879. The second kappa shape index (κ2) is 6.75. The van der Waals surface area contributed by atoms with Crippen LogP contribution in [0.4, 0.5) is 0 Å². The van der Waals surface area contributed by atoms with Gasteiger partial charge >= 0.3 is 0 Å². The zero-order valence-electron chi connectivity index (χ0n) is 14.6. The van der Waals surface area contributed by atoms with E-state index in [0.29, 0.717) is 12.3 Å². The van der Waals surface area contributed by atoms with Crippen LogP contribution in [-0.2, 0) is 11.2 Å². The van der Waals surface area contributed by atoms with Crippen molar-refractivity contribution in [1.29, 1.82) is 0 Å². The number of carbonyl (C=O) groups is 1. The van der Waals surface area contributed by atoms with Gasteiger partial charge in [-0.15, -0.1) is 0 Å². The highest BCUT2D eigenvalue weighted by molar-refractivity contribution is 5.84. The van der Waals surface area contributed by atoms with Crippen molar-refractivity contribution in [1.82, 2.24) is 20.1 Å². The lowest BCUT2D eigenvalue weighted by atomic mass is 9.92. The molecule has 2 aromatic heterocycles. The van der Waals surface area contributed by atoms with E-state index in [9.17, 15) is 4.79 Å². The lowest BCUT2D eigenvalue weighted by Crippen LogP contribution is -2.39. The van der Waals surface area contributed by atoms with Crippen LogP contribution >= 0.6 is 0 Å². The number of hydrogen-bond donors (Lipinski definition) is 2. The summed E-state index contributed by atoms with van der Waals surface area (Å²) in [5, 5.41) is 8.47. The number of aromatic nitrogens is 3. The summed E-state index contributed by atoms with van der Waals surface area (Å²) in [4.78, 5) is 18.0. The predicted molar refractivity (Wildman–Crippen MR) is 98.5 cm³/mol. The van der Waals surface area contributed by atoms with Gasteiger partial charge in [-0.1, -0.05) is 18.2 Å². The summed E-state index contributed by atoms with van der Waals surface area (Å²) in [6.07, 6.45) is 7.43. The minimum absolute atomic E-state index is 0.257. The van der Waals surface area contributed by atoms with E-state index in [1.54, 1.807) is 0 Å². The van der Waals surface area contributed by atoms with Gasteiger partial charge in [0.15, 0.2) is 0 Å². The Morgan fingerprint density at radius 2 is 2.24 bits per heavy atom. The first-order valence-corrected chi connectivity index (χ1v) is 9.05. The third-order valence-electron chi connectivity index (χ3n) is 5.33. The van der Waals surface area contributed by atoms with E-state index in [1.807, 2.05) is 29.4 Å². The van der Waals surface area contributed by atoms with Crippen LogP contribution in [0.15, 0.2) is 36.7 Å². The van der Waals surface area contributed by atoms with E-state index in [1.165, 1.54) is 22.2 Å². The van der Waals surface area contributed by atoms with Crippen LogP contribution in [-0.4, -0.2) is 39.1 Å². The normalized spacial score (nSPS) is 18.0. The van der Waals surface area contributed by atoms with E-state index >= 15 is 0 Å². The first-order chi connectivity index (χ1) is 12.2. The van der Waals surface area contributed by atoms with Gasteiger partial charge in [-0.05, 0) is 43.4 Å². The number of nitrogens with zero attached hydrogens (tertiary/aromatic N) is 2. The van der Waals surface area contributed by atoms with Crippen molar-refractivity contribution >= 4 is 16.8 Å². The Balaban J connectivity index is 1.40. The Hall–Kier alpha value is -2.56. The predicted octanol–water partition coefficient (Wildman–Crippen LogP) is 3.54. The van der Waals surface area contributed by atoms with E-state index < -0.39 is 0 Å². The average molecular weight is 336 g/mol. The number of amides is 1. The molecule has 1 aromatic carbocycles. The van der Waals surface area contributed by atoms with E-state index in [0.717, 1.165) is 37.9 Å². The highest BCUT2D eigenvalue weighted by atomic mass is 16.2. The molecule has 130 valence electrons. The number of benzene rings is 1. The van der Waals surface area contributed by atoms with Crippen molar-refractivity contribution in [3.63, 3.8) is 0 Å². The number of fused-ring (bicyclic) bond motifs is 1. The molecular formula is C20H24N4O. The summed E-state index contributed by atoms with van der Waals surface area (Å²) in [5.74, 6) is 0.639.